The largest absolute Gasteiger partial charge is 0.335 e. The molecule has 4 nitrogen and oxygen atoms in total. The van der Waals surface area contributed by atoms with Gasteiger partial charge in [0.05, 0.1) is 5.54 Å². The number of nitrogens with two attached hydrogens (primary N) is 1. The van der Waals surface area contributed by atoms with Gasteiger partial charge in [-0.25, -0.2) is 0 Å². The van der Waals surface area contributed by atoms with Crippen molar-refractivity contribution in [2.24, 2.45) is 5.73 Å². The van der Waals surface area contributed by atoms with Gasteiger partial charge >= 0.3 is 0 Å². The number of hydrogen-bond donors (Lipinski definition) is 1. The summed E-state index contributed by atoms with van der Waals surface area (Å²) in [6.07, 6.45) is 4.83. The minimum absolute atomic E-state index is 0.359. The third-order valence-electron chi connectivity index (χ3n) is 3.29. The molecule has 0 unspecified atom stereocenters. The third kappa shape index (κ3) is 2.72. The molecule has 0 atom stereocenters. The zero-order valence-electron chi connectivity index (χ0n) is 10.5. The monoisotopic (exact) mass is 273 g/mol. The molecule has 1 aromatic heterocycles. The summed E-state index contributed by atoms with van der Waals surface area (Å²) in [7, 11) is 0. The Morgan fingerprint density at radius 1 is 1.26 bits per heavy atom. The summed E-state index contributed by atoms with van der Waals surface area (Å²) in [5, 5.41) is 5.91. The van der Waals surface area contributed by atoms with Gasteiger partial charge in [0.25, 0.3) is 5.89 Å². The standard InChI is InChI=1S/C14H15N3OS/c15-14(8-4-9-14)13-16-12(18-17-13)7-10-19-11-5-2-1-3-6-11/h1-3,5-7,10H,4,8-9,15H2/b10-7+. The van der Waals surface area contributed by atoms with Gasteiger partial charge in [-0.1, -0.05) is 35.1 Å². The lowest BCUT2D eigenvalue weighted by atomic mass is 9.77. The lowest BCUT2D eigenvalue weighted by Gasteiger charge is -2.34. The highest BCUT2D eigenvalue weighted by Gasteiger charge is 2.38. The summed E-state index contributed by atoms with van der Waals surface area (Å²) < 4.78 is 5.18. The van der Waals surface area contributed by atoms with Gasteiger partial charge in [-0.3, -0.25) is 0 Å². The topological polar surface area (TPSA) is 64.9 Å². The van der Waals surface area contributed by atoms with E-state index in [0.717, 1.165) is 19.3 Å². The number of thioether (sulfide) groups is 1. The van der Waals surface area contributed by atoms with Gasteiger partial charge in [-0.2, -0.15) is 4.98 Å². The lowest BCUT2D eigenvalue weighted by molar-refractivity contribution is 0.229. The van der Waals surface area contributed by atoms with Crippen molar-refractivity contribution in [2.75, 3.05) is 0 Å². The highest BCUT2D eigenvalue weighted by molar-refractivity contribution is 8.02. The maximum atomic E-state index is 6.14. The van der Waals surface area contributed by atoms with E-state index in [1.54, 1.807) is 11.8 Å². The van der Waals surface area contributed by atoms with Gasteiger partial charge in [-0.05, 0) is 36.8 Å². The van der Waals surface area contributed by atoms with Crippen LogP contribution in [0.5, 0.6) is 0 Å². The molecular weight excluding hydrogens is 258 g/mol. The van der Waals surface area contributed by atoms with E-state index < -0.39 is 0 Å². The van der Waals surface area contributed by atoms with Crippen molar-refractivity contribution in [3.63, 3.8) is 0 Å². The Bertz CT molecular complexity index is 575. The highest BCUT2D eigenvalue weighted by atomic mass is 32.2. The average Bonchev–Trinajstić information content (AvgIpc) is 2.86. The van der Waals surface area contributed by atoms with Crippen LogP contribution in [0.3, 0.4) is 0 Å². The van der Waals surface area contributed by atoms with Crippen LogP contribution in [-0.2, 0) is 5.54 Å². The van der Waals surface area contributed by atoms with Gasteiger partial charge in [0.15, 0.2) is 5.82 Å². The molecule has 1 aliphatic carbocycles. The summed E-state index contributed by atoms with van der Waals surface area (Å²) >= 11 is 1.61. The molecule has 1 aliphatic rings. The van der Waals surface area contributed by atoms with Gasteiger partial charge in [0.2, 0.25) is 0 Å². The van der Waals surface area contributed by atoms with E-state index in [0.29, 0.717) is 11.7 Å². The second kappa shape index (κ2) is 5.19. The van der Waals surface area contributed by atoms with Crippen LogP contribution in [0.4, 0.5) is 0 Å². The summed E-state index contributed by atoms with van der Waals surface area (Å²) in [6, 6.07) is 10.1. The van der Waals surface area contributed by atoms with E-state index >= 15 is 0 Å². The Hall–Kier alpha value is -1.59. The first-order valence-corrected chi connectivity index (χ1v) is 7.16. The predicted molar refractivity (Wildman–Crippen MR) is 75.3 cm³/mol. The molecule has 98 valence electrons. The Morgan fingerprint density at radius 3 is 2.74 bits per heavy atom. The molecule has 1 saturated carbocycles. The van der Waals surface area contributed by atoms with Crippen molar-refractivity contribution in [2.45, 2.75) is 29.7 Å². The normalized spacial score (nSPS) is 17.5. The molecule has 0 amide bonds. The van der Waals surface area contributed by atoms with Crippen LogP contribution in [0.2, 0.25) is 0 Å². The number of benzene rings is 1. The van der Waals surface area contributed by atoms with Gasteiger partial charge in [0, 0.05) is 11.0 Å². The van der Waals surface area contributed by atoms with E-state index in [-0.39, 0.29) is 5.54 Å². The van der Waals surface area contributed by atoms with Crippen LogP contribution in [0.15, 0.2) is 45.2 Å². The molecular formula is C14H15N3OS. The van der Waals surface area contributed by atoms with Gasteiger partial charge in [-0.15, -0.1) is 0 Å². The van der Waals surface area contributed by atoms with Crippen LogP contribution in [0.25, 0.3) is 6.08 Å². The molecule has 0 bridgehead atoms. The maximum Gasteiger partial charge on any atom is 0.251 e. The third-order valence-corrected chi connectivity index (χ3v) is 4.11. The molecule has 0 aliphatic heterocycles. The fourth-order valence-electron chi connectivity index (χ4n) is 1.96. The zero-order valence-corrected chi connectivity index (χ0v) is 11.3. The number of nitrogens with zero attached hydrogens (tertiary/aromatic N) is 2. The van der Waals surface area contributed by atoms with Crippen molar-refractivity contribution in [3.8, 4) is 0 Å². The predicted octanol–water partition coefficient (Wildman–Crippen LogP) is 3.17. The molecule has 0 radical (unpaired) electrons. The average molecular weight is 273 g/mol. The van der Waals surface area contributed by atoms with Crippen molar-refractivity contribution >= 4 is 17.8 Å². The first-order chi connectivity index (χ1) is 9.26. The molecule has 2 aromatic rings. The molecule has 2 N–H and O–H groups in total. The molecule has 3 rings (SSSR count). The SMILES string of the molecule is NC1(c2noc(/C=C/Sc3ccccc3)n2)CCC1. The smallest absolute Gasteiger partial charge is 0.251 e. The van der Waals surface area contributed by atoms with Crippen LogP contribution in [0, 0.1) is 0 Å². The van der Waals surface area contributed by atoms with E-state index in [1.807, 2.05) is 29.7 Å². The van der Waals surface area contributed by atoms with E-state index in [1.165, 1.54) is 4.90 Å². The fourth-order valence-corrected chi connectivity index (χ4v) is 2.61. The Balaban J connectivity index is 1.64. The maximum absolute atomic E-state index is 6.14. The van der Waals surface area contributed by atoms with Gasteiger partial charge in [0.1, 0.15) is 0 Å². The summed E-state index contributed by atoms with van der Waals surface area (Å²) in [5.41, 5.74) is 5.78. The quantitative estimate of drug-likeness (QED) is 0.867. The molecule has 19 heavy (non-hydrogen) atoms. The van der Waals surface area contributed by atoms with Crippen LogP contribution in [-0.4, -0.2) is 10.1 Å². The molecule has 5 heteroatoms. The van der Waals surface area contributed by atoms with Crippen molar-refractivity contribution in [1.82, 2.24) is 10.1 Å². The van der Waals surface area contributed by atoms with E-state index in [2.05, 4.69) is 22.3 Å². The minimum atomic E-state index is -0.359. The molecule has 0 saturated heterocycles. The highest BCUT2D eigenvalue weighted by Crippen LogP contribution is 2.36. The Morgan fingerprint density at radius 2 is 2.05 bits per heavy atom. The molecule has 1 fully saturated rings. The zero-order chi connectivity index (χ0) is 13.1. The second-order valence-electron chi connectivity index (χ2n) is 4.70. The number of aromatic nitrogens is 2. The Labute approximate surface area is 116 Å². The molecule has 0 spiro atoms. The van der Waals surface area contributed by atoms with Crippen LogP contribution >= 0.6 is 11.8 Å². The second-order valence-corrected chi connectivity index (χ2v) is 5.68. The van der Waals surface area contributed by atoms with Crippen molar-refractivity contribution < 1.29 is 4.52 Å². The van der Waals surface area contributed by atoms with Crippen LogP contribution < -0.4 is 5.73 Å². The minimum Gasteiger partial charge on any atom is -0.335 e. The van der Waals surface area contributed by atoms with Crippen molar-refractivity contribution in [1.29, 1.82) is 0 Å². The first-order valence-electron chi connectivity index (χ1n) is 6.28. The van der Waals surface area contributed by atoms with Crippen molar-refractivity contribution in [3.05, 3.63) is 47.5 Å². The lowest BCUT2D eigenvalue weighted by Crippen LogP contribution is -2.44. The summed E-state index contributed by atoms with van der Waals surface area (Å²) in [4.78, 5) is 5.51. The van der Waals surface area contributed by atoms with Crippen LogP contribution in [0.1, 0.15) is 31.0 Å². The van der Waals surface area contributed by atoms with E-state index in [9.17, 15) is 0 Å². The number of hydrogen-bond acceptors (Lipinski definition) is 5. The summed E-state index contributed by atoms with van der Waals surface area (Å²) in [6.45, 7) is 0. The van der Waals surface area contributed by atoms with E-state index in [4.69, 9.17) is 10.3 Å². The fraction of sp³-hybridized carbons (Fsp3) is 0.286. The Kier molecular flexibility index (Phi) is 3.40. The molecule has 1 aromatic carbocycles. The summed E-state index contributed by atoms with van der Waals surface area (Å²) in [5.74, 6) is 1.14. The molecule has 1 heterocycles. The number of rotatable bonds is 4. The first kappa shape index (κ1) is 12.4. The van der Waals surface area contributed by atoms with Gasteiger partial charge < -0.3 is 10.3 Å².